The maximum atomic E-state index is 13.5. The van der Waals surface area contributed by atoms with E-state index in [1.54, 1.807) is 0 Å². The number of para-hydroxylation sites is 2. The first-order valence-corrected chi connectivity index (χ1v) is 14.2. The van der Waals surface area contributed by atoms with Gasteiger partial charge in [-0.15, -0.1) is 0 Å². The van der Waals surface area contributed by atoms with E-state index in [-0.39, 0.29) is 0 Å². The Labute approximate surface area is 243 Å². The highest BCUT2D eigenvalue weighted by atomic mass is 16.2. The summed E-state index contributed by atoms with van der Waals surface area (Å²) in [6.45, 7) is 2.26. The second-order valence-corrected chi connectivity index (χ2v) is 11.1. The van der Waals surface area contributed by atoms with Crippen LogP contribution >= 0.6 is 0 Å². The Hall–Kier alpha value is -5.01. The Balaban J connectivity index is 1.39. The van der Waals surface area contributed by atoms with E-state index < -0.39 is 11.8 Å². The summed E-state index contributed by atoms with van der Waals surface area (Å²) in [6, 6.07) is 30.7. The first-order chi connectivity index (χ1) is 20.5. The summed E-state index contributed by atoms with van der Waals surface area (Å²) >= 11 is 0. The van der Waals surface area contributed by atoms with Crippen LogP contribution in [-0.4, -0.2) is 51.7 Å². The second kappa shape index (κ2) is 10.4. The molecule has 0 radical (unpaired) electrons. The van der Waals surface area contributed by atoms with Gasteiger partial charge in [0.05, 0.1) is 16.7 Å². The molecule has 0 atom stereocenters. The van der Waals surface area contributed by atoms with Crippen LogP contribution in [0.1, 0.15) is 23.2 Å². The Kier molecular flexibility index (Phi) is 6.44. The van der Waals surface area contributed by atoms with E-state index >= 15 is 0 Å². The maximum Gasteiger partial charge on any atom is 0.261 e. The smallest absolute Gasteiger partial charge is 0.261 e. The van der Waals surface area contributed by atoms with Crippen molar-refractivity contribution in [2.45, 2.75) is 19.5 Å². The number of benzene rings is 4. The zero-order valence-corrected chi connectivity index (χ0v) is 23.7. The van der Waals surface area contributed by atoms with Crippen LogP contribution in [0, 0.1) is 0 Å². The lowest BCUT2D eigenvalue weighted by molar-refractivity contribution is -0.122. The third kappa shape index (κ3) is 4.39. The minimum atomic E-state index is -0.412. The molecule has 0 aliphatic carbocycles. The monoisotopic (exact) mass is 553 g/mol. The van der Waals surface area contributed by atoms with Gasteiger partial charge in [0.1, 0.15) is 5.69 Å². The van der Waals surface area contributed by atoms with Gasteiger partial charge in [0.25, 0.3) is 11.8 Å². The van der Waals surface area contributed by atoms with Crippen LogP contribution in [0.2, 0.25) is 0 Å². The SMILES string of the molecule is CN(C)CCCn1nc(C2=C(c3cn(Cc4cccc5ccccc45)c4ccccc34)C(=O)NC2=O)c2ccccc21. The van der Waals surface area contributed by atoms with Crippen LogP contribution in [0.3, 0.4) is 0 Å². The van der Waals surface area contributed by atoms with Gasteiger partial charge in [-0.1, -0.05) is 78.9 Å². The molecular weight excluding hydrogens is 522 g/mol. The zero-order chi connectivity index (χ0) is 28.8. The first-order valence-electron chi connectivity index (χ1n) is 14.2. The lowest BCUT2D eigenvalue weighted by Gasteiger charge is -2.09. The molecule has 2 amide bonds. The Bertz CT molecular complexity index is 2040. The molecule has 0 spiro atoms. The number of carbonyl (C=O) groups is 2. The number of hydrogen-bond donors (Lipinski definition) is 1. The Morgan fingerprint density at radius 2 is 1.40 bits per heavy atom. The van der Waals surface area contributed by atoms with Crippen molar-refractivity contribution in [1.29, 1.82) is 0 Å². The molecule has 6 aromatic rings. The summed E-state index contributed by atoms with van der Waals surface area (Å²) in [5.74, 6) is -0.807. The predicted molar refractivity (Wildman–Crippen MR) is 168 cm³/mol. The molecule has 3 heterocycles. The van der Waals surface area contributed by atoms with Crippen molar-refractivity contribution in [3.05, 3.63) is 114 Å². The topological polar surface area (TPSA) is 72.2 Å². The summed E-state index contributed by atoms with van der Waals surface area (Å²) in [5, 5.41) is 11.7. The summed E-state index contributed by atoms with van der Waals surface area (Å²) in [6.07, 6.45) is 2.92. The van der Waals surface area contributed by atoms with Gasteiger partial charge < -0.3 is 9.47 Å². The Morgan fingerprint density at radius 1 is 0.738 bits per heavy atom. The number of amides is 2. The maximum absolute atomic E-state index is 13.5. The van der Waals surface area contributed by atoms with E-state index in [4.69, 9.17) is 5.10 Å². The second-order valence-electron chi connectivity index (χ2n) is 11.1. The molecule has 2 aromatic heterocycles. The van der Waals surface area contributed by atoms with Gasteiger partial charge >= 0.3 is 0 Å². The molecule has 7 rings (SSSR count). The molecule has 1 aliphatic rings. The fourth-order valence-corrected chi connectivity index (χ4v) is 6.15. The lowest BCUT2D eigenvalue weighted by Crippen LogP contribution is -2.22. The van der Waals surface area contributed by atoms with E-state index in [9.17, 15) is 9.59 Å². The highest BCUT2D eigenvalue weighted by Gasteiger charge is 2.36. The molecule has 0 fully saturated rings. The first kappa shape index (κ1) is 25.9. The fourth-order valence-electron chi connectivity index (χ4n) is 6.15. The summed E-state index contributed by atoms with van der Waals surface area (Å²) < 4.78 is 4.13. The molecule has 42 heavy (non-hydrogen) atoms. The number of rotatable bonds is 8. The molecule has 0 unspecified atom stereocenters. The number of nitrogens with one attached hydrogen (secondary N) is 1. The van der Waals surface area contributed by atoms with Crippen molar-refractivity contribution < 1.29 is 9.59 Å². The quantitative estimate of drug-likeness (QED) is 0.245. The van der Waals surface area contributed by atoms with Crippen LogP contribution in [0.15, 0.2) is 97.2 Å². The highest BCUT2D eigenvalue weighted by molar-refractivity contribution is 6.50. The normalized spacial score (nSPS) is 13.8. The van der Waals surface area contributed by atoms with Crippen LogP contribution in [0.4, 0.5) is 0 Å². The van der Waals surface area contributed by atoms with Crippen LogP contribution < -0.4 is 5.32 Å². The van der Waals surface area contributed by atoms with Gasteiger partial charge in [-0.2, -0.15) is 5.10 Å². The molecule has 0 bridgehead atoms. The van der Waals surface area contributed by atoms with Crippen molar-refractivity contribution >= 4 is 55.5 Å². The molecule has 0 saturated carbocycles. The molecule has 4 aromatic carbocycles. The van der Waals surface area contributed by atoms with Crippen molar-refractivity contribution in [2.75, 3.05) is 20.6 Å². The van der Waals surface area contributed by atoms with Gasteiger partial charge in [0.2, 0.25) is 0 Å². The van der Waals surface area contributed by atoms with Crippen LogP contribution in [0.25, 0.3) is 43.7 Å². The number of fused-ring (bicyclic) bond motifs is 3. The number of imide groups is 1. The van der Waals surface area contributed by atoms with Gasteiger partial charge in [0.15, 0.2) is 0 Å². The van der Waals surface area contributed by atoms with Gasteiger partial charge in [-0.05, 0) is 55.5 Å². The number of aryl methyl sites for hydroxylation is 1. The molecule has 7 heteroatoms. The largest absolute Gasteiger partial charge is 0.342 e. The third-order valence-electron chi connectivity index (χ3n) is 8.08. The van der Waals surface area contributed by atoms with E-state index in [0.29, 0.717) is 29.9 Å². The predicted octanol–water partition coefficient (Wildman–Crippen LogP) is 5.71. The van der Waals surface area contributed by atoms with Crippen molar-refractivity contribution in [1.82, 2.24) is 24.6 Å². The number of aromatic nitrogens is 3. The van der Waals surface area contributed by atoms with E-state index in [1.807, 2.05) is 59.4 Å². The van der Waals surface area contributed by atoms with Crippen molar-refractivity contribution in [3.63, 3.8) is 0 Å². The van der Waals surface area contributed by atoms with Gasteiger partial charge in [0, 0.05) is 41.1 Å². The molecule has 0 saturated heterocycles. The molecule has 7 nitrogen and oxygen atoms in total. The zero-order valence-electron chi connectivity index (χ0n) is 23.7. The van der Waals surface area contributed by atoms with Crippen LogP contribution in [0.5, 0.6) is 0 Å². The van der Waals surface area contributed by atoms with E-state index in [1.165, 1.54) is 16.3 Å². The summed E-state index contributed by atoms with van der Waals surface area (Å²) in [5.41, 5.74) is 5.11. The van der Waals surface area contributed by atoms with E-state index in [2.05, 4.69) is 71.3 Å². The molecule has 1 N–H and O–H groups in total. The van der Waals surface area contributed by atoms with Crippen molar-refractivity contribution in [3.8, 4) is 0 Å². The molecule has 208 valence electrons. The molecule has 1 aliphatic heterocycles. The lowest BCUT2D eigenvalue weighted by atomic mass is 9.97. The number of hydrogen-bond acceptors (Lipinski definition) is 4. The number of carbonyl (C=O) groups excluding carboxylic acids is 2. The third-order valence-corrected chi connectivity index (χ3v) is 8.08. The summed E-state index contributed by atoms with van der Waals surface area (Å²) in [4.78, 5) is 29.1. The minimum Gasteiger partial charge on any atom is -0.342 e. The average molecular weight is 554 g/mol. The highest BCUT2D eigenvalue weighted by Crippen LogP contribution is 2.38. The fraction of sp³-hybridized carbons (Fsp3) is 0.171. The molecular formula is C35H31N5O2. The number of nitrogens with zero attached hydrogens (tertiary/aromatic N) is 4. The Morgan fingerprint density at radius 3 is 2.21 bits per heavy atom. The van der Waals surface area contributed by atoms with Gasteiger partial charge in [-0.25, -0.2) is 0 Å². The average Bonchev–Trinajstić information content (AvgIpc) is 3.63. The van der Waals surface area contributed by atoms with Gasteiger partial charge in [-0.3, -0.25) is 19.6 Å². The van der Waals surface area contributed by atoms with Crippen LogP contribution in [-0.2, 0) is 22.7 Å². The minimum absolute atomic E-state index is 0.329. The standard InChI is InChI=1S/C35H31N5O2/c1-38(2)19-10-20-40-30-18-8-6-16-27(30)33(37-40)32-31(34(41)36-35(32)42)28-22-39(29-17-7-5-15-26(28)29)21-24-13-9-12-23-11-3-4-14-25(23)24/h3-9,11-18,22H,10,19-21H2,1-2H3,(H,36,41,42). The van der Waals surface area contributed by atoms with Crippen molar-refractivity contribution in [2.24, 2.45) is 0 Å². The summed E-state index contributed by atoms with van der Waals surface area (Å²) in [7, 11) is 4.10. The van der Waals surface area contributed by atoms with E-state index in [0.717, 1.165) is 40.3 Å².